The number of hydrogen-bond acceptors (Lipinski definition) is 0. The molecule has 27 heteroatoms. The Labute approximate surface area is 471 Å². The van der Waals surface area contributed by atoms with E-state index in [0.717, 1.165) is 32.1 Å². The first-order valence-corrected chi connectivity index (χ1v) is 25.9. The fourth-order valence-corrected chi connectivity index (χ4v) is 12.1. The number of rotatable bonds is 14. The highest BCUT2D eigenvalue weighted by molar-refractivity contribution is 6.88. The van der Waals surface area contributed by atoms with E-state index in [1.54, 1.807) is 0 Å². The Morgan fingerprint density at radius 1 is 0.349 bits per heavy atom. The first-order chi connectivity index (χ1) is 40.4. The zero-order valence-corrected chi connectivity index (χ0v) is 43.7. The van der Waals surface area contributed by atoms with Crippen LogP contribution in [0.25, 0.3) is 34.4 Å². The van der Waals surface area contributed by atoms with E-state index >= 15 is 70.2 Å². The van der Waals surface area contributed by atoms with Crippen molar-refractivity contribution in [2.45, 2.75) is 87.4 Å². The van der Waals surface area contributed by atoms with Gasteiger partial charge in [-0.05, 0) is 48.2 Å². The summed E-state index contributed by atoms with van der Waals surface area (Å²) in [7, 11) is 0. The zero-order chi connectivity index (χ0) is 63.4. The van der Waals surface area contributed by atoms with Gasteiger partial charge in [-0.2, -0.15) is 13.2 Å². The molecule has 6 aromatic carbocycles. The lowest BCUT2D eigenvalue weighted by atomic mass is 9.02. The largest absolute Gasteiger partial charge is 0.514 e. The summed E-state index contributed by atoms with van der Waals surface area (Å²) >= 11 is 0. The van der Waals surface area contributed by atoms with Gasteiger partial charge in [0.2, 0.25) is 0 Å². The second-order valence-electron chi connectivity index (χ2n) is 20.5. The molecule has 0 amide bonds. The van der Waals surface area contributed by atoms with E-state index in [9.17, 15) is 39.5 Å². The molecule has 10 rings (SSSR count). The lowest BCUT2D eigenvalue weighted by Crippen LogP contribution is -2.97. The molecular weight excluding hydrogens is 1210 g/mol. The Balaban J connectivity index is 0.000000270. The lowest BCUT2D eigenvalue weighted by Gasteiger charge is -2.57. The molecule has 2 N–H and O–H groups in total. The van der Waals surface area contributed by atoms with Gasteiger partial charge in [-0.1, -0.05) is 145 Å². The standard InChI is InChI=1S/C36H8BF20.C12H10.C11H20F5N/c38-9-1-5-13(25(46)21(9)42)29(50)33(54)17(5)37(18-6-2-10(39)22(43)26(47)14(6)30(51)34(18)55,19-7-3-11(40)23(44)27(48)15(7)31(52)35(19)56)20-8-4-12(41)24(45)28(49)16(8)32(53)36(20)57;1-3-7-11(8-4-1)12-9-5-2-6-10-12;1-2-3-4-5-6-7-8-9-17-11(15,16)10(12,13)14/h1-4,17-20H;1-10H;17H,2-9H2,1H3/q-1;;/p+1. The molecule has 4 atom stereocenters. The lowest BCUT2D eigenvalue weighted by molar-refractivity contribution is -0.810. The van der Waals surface area contributed by atoms with Gasteiger partial charge in [-0.15, -0.1) is 8.78 Å². The van der Waals surface area contributed by atoms with Crippen LogP contribution in [0.5, 0.6) is 0 Å². The molecule has 4 aliphatic carbocycles. The normalized spacial score (nSPS) is 18.7. The minimum absolute atomic E-state index is 0.0824. The molecule has 6 aromatic rings. The van der Waals surface area contributed by atoms with Crippen LogP contribution in [0.4, 0.5) is 110 Å². The topological polar surface area (TPSA) is 16.6 Å². The van der Waals surface area contributed by atoms with E-state index in [4.69, 9.17) is 0 Å². The van der Waals surface area contributed by atoms with E-state index < -0.39 is 203 Å². The summed E-state index contributed by atoms with van der Waals surface area (Å²) in [4.78, 5) is 0. The van der Waals surface area contributed by atoms with Crippen LogP contribution >= 0.6 is 0 Å². The number of fused-ring (bicyclic) bond motifs is 4. The Kier molecular flexibility index (Phi) is 18.6. The average molecular weight is 1250 g/mol. The number of benzene rings is 6. The third-order valence-corrected chi connectivity index (χ3v) is 15.7. The highest BCUT2D eigenvalue weighted by atomic mass is 19.4. The van der Waals surface area contributed by atoms with Gasteiger partial charge in [0.25, 0.3) is 0 Å². The zero-order valence-electron chi connectivity index (χ0n) is 43.7. The maximum atomic E-state index is 16.9. The Hall–Kier alpha value is -7.45. The molecule has 0 saturated heterocycles. The minimum Gasteiger partial charge on any atom is -0.277 e. The third-order valence-electron chi connectivity index (χ3n) is 15.7. The van der Waals surface area contributed by atoms with E-state index in [1.807, 2.05) is 12.1 Å². The maximum Gasteiger partial charge on any atom is 0.514 e. The summed E-state index contributed by atoms with van der Waals surface area (Å²) in [5.41, 5.74) is -12.9. The van der Waals surface area contributed by atoms with E-state index in [2.05, 4.69) is 55.5 Å². The summed E-state index contributed by atoms with van der Waals surface area (Å²) < 4.78 is 372. The van der Waals surface area contributed by atoms with Crippen molar-refractivity contribution in [3.05, 3.63) is 223 Å². The Morgan fingerprint density at radius 3 is 0.860 bits per heavy atom. The molecule has 0 aromatic heterocycles. The summed E-state index contributed by atoms with van der Waals surface area (Å²) in [6, 6.07) is 14.6. The average Bonchev–Trinajstić information content (AvgIpc) is 1.47. The molecule has 0 fully saturated rings. The van der Waals surface area contributed by atoms with Crippen molar-refractivity contribution in [3.63, 3.8) is 0 Å². The Bertz CT molecular complexity index is 3350. The molecule has 86 heavy (non-hydrogen) atoms. The number of quaternary nitrogens is 1. The van der Waals surface area contributed by atoms with Crippen molar-refractivity contribution in [3.8, 4) is 11.1 Å². The van der Waals surface area contributed by atoms with Gasteiger partial charge >= 0.3 is 12.2 Å². The third kappa shape index (κ3) is 10.9. The van der Waals surface area contributed by atoms with Gasteiger partial charge in [-0.25, -0.2) is 87.8 Å². The monoisotopic (exact) mass is 1250 g/mol. The number of halogens is 25. The van der Waals surface area contributed by atoms with Crippen LogP contribution in [0.1, 0.15) is 120 Å². The smallest absolute Gasteiger partial charge is 0.277 e. The van der Waals surface area contributed by atoms with Crippen molar-refractivity contribution < 1.29 is 115 Å². The van der Waals surface area contributed by atoms with Gasteiger partial charge in [0.1, 0.15) is 23.3 Å². The number of alkyl halides is 5. The number of hydrogen-bond donors (Lipinski definition) is 1. The van der Waals surface area contributed by atoms with Crippen LogP contribution in [0, 0.1) is 69.8 Å². The van der Waals surface area contributed by atoms with Crippen LogP contribution in [0.2, 0.25) is 0 Å². The van der Waals surface area contributed by atoms with Crippen LogP contribution < -0.4 is 5.32 Å². The van der Waals surface area contributed by atoms with Crippen LogP contribution in [-0.2, 0) is 0 Å². The van der Waals surface area contributed by atoms with Gasteiger partial charge in [0, 0.05) is 0 Å². The number of nitrogens with two attached hydrogens (primary N) is 1. The van der Waals surface area contributed by atoms with E-state index in [-0.39, 0.29) is 36.1 Å². The molecule has 0 radical (unpaired) electrons. The fraction of sp³-hybridized carbons (Fsp3) is 0.254. The highest BCUT2D eigenvalue weighted by Gasteiger charge is 2.66. The molecule has 0 saturated carbocycles. The first-order valence-electron chi connectivity index (χ1n) is 25.9. The van der Waals surface area contributed by atoms with Crippen LogP contribution in [0.15, 0.2) is 108 Å². The maximum absolute atomic E-state index is 16.9. The number of unbranched alkanes of at least 4 members (excludes halogenated alkanes) is 6. The summed E-state index contributed by atoms with van der Waals surface area (Å²) in [6.07, 6.45) is -4.80. The quantitative estimate of drug-likeness (QED) is 0.0368. The van der Waals surface area contributed by atoms with E-state index in [1.165, 1.54) is 11.1 Å². The molecule has 4 aliphatic rings. The van der Waals surface area contributed by atoms with Crippen molar-refractivity contribution in [2.24, 2.45) is 0 Å². The predicted molar refractivity (Wildman–Crippen MR) is 266 cm³/mol. The Morgan fingerprint density at radius 2 is 0.605 bits per heavy atom. The minimum atomic E-state index is -5.79. The van der Waals surface area contributed by atoms with Crippen LogP contribution in [-0.4, -0.2) is 24.9 Å². The van der Waals surface area contributed by atoms with E-state index in [0.29, 0.717) is 12.8 Å². The molecule has 0 bridgehead atoms. The van der Waals surface area contributed by atoms with Crippen molar-refractivity contribution in [1.29, 1.82) is 0 Å². The summed E-state index contributed by atoms with van der Waals surface area (Å²) in [5.74, 6) is -67.8. The highest BCUT2D eigenvalue weighted by Crippen LogP contribution is 2.71. The molecule has 0 spiro atoms. The molecule has 458 valence electrons. The van der Waals surface area contributed by atoms with Crippen molar-refractivity contribution in [2.75, 3.05) is 6.54 Å². The fourth-order valence-electron chi connectivity index (χ4n) is 12.1. The first kappa shape index (κ1) is 64.6. The summed E-state index contributed by atoms with van der Waals surface area (Å²) in [6.45, 7) is 1.91. The van der Waals surface area contributed by atoms with Gasteiger partial charge in [-0.3, -0.25) is 5.32 Å². The molecule has 0 aliphatic heterocycles. The van der Waals surface area contributed by atoms with Gasteiger partial charge in [0.15, 0.2) is 93.1 Å². The van der Waals surface area contributed by atoms with Gasteiger partial charge < -0.3 is 0 Å². The molecule has 0 heterocycles. The SMILES string of the molecule is CCCCCCCCC[NH2+]C(F)(F)C(F)(F)F.FC1=C(F)C([B-](C2C(F)=C(F)c3c2cc(F)c(F)c3F)(C2C(F)=C(F)c3c2cc(F)c(F)c3F)C2C(F)=C(F)c3c2cc(F)c(F)c3F)c2cc(F)c(F)c(F)c21.c1ccc(-c2ccccc2)cc1. The number of allylic oxidation sites excluding steroid dienone is 4. The van der Waals surface area contributed by atoms with Crippen molar-refractivity contribution >= 4 is 29.5 Å². The van der Waals surface area contributed by atoms with Crippen LogP contribution in [0.3, 0.4) is 0 Å². The second-order valence-corrected chi connectivity index (χ2v) is 20.5. The second kappa shape index (κ2) is 24.7. The molecule has 1 nitrogen and oxygen atoms in total. The van der Waals surface area contributed by atoms with Gasteiger partial charge in [0.05, 0.1) is 34.9 Å². The van der Waals surface area contributed by atoms with Crippen molar-refractivity contribution in [1.82, 2.24) is 0 Å². The predicted octanol–water partition coefficient (Wildman–Crippen LogP) is 19.7. The molecule has 4 unspecified atom stereocenters. The summed E-state index contributed by atoms with van der Waals surface area (Å²) in [5, 5.41) is 0.0824. The molecular formula is C59H39BF25N.